The third-order valence-corrected chi connectivity index (χ3v) is 4.29. The van der Waals surface area contributed by atoms with E-state index in [2.05, 4.69) is 12.2 Å². The molecule has 2 aromatic rings. The number of rotatable bonds is 4. The smallest absolute Gasteiger partial charge is 0.229 e. The lowest BCUT2D eigenvalue weighted by molar-refractivity contribution is -0.122. The van der Waals surface area contributed by atoms with Crippen molar-refractivity contribution in [3.8, 4) is 5.75 Å². The van der Waals surface area contributed by atoms with Gasteiger partial charge in [0, 0.05) is 24.3 Å². The number of nitrogens with zero attached hydrogens (tertiary/aromatic N) is 1. The van der Waals surface area contributed by atoms with Crippen molar-refractivity contribution in [2.75, 3.05) is 16.8 Å². The molecule has 1 saturated heterocycles. The molecule has 2 aromatic carbocycles. The Morgan fingerprint density at radius 1 is 1.17 bits per heavy atom. The first-order chi connectivity index (χ1) is 11.6. The zero-order chi connectivity index (χ0) is 17.1. The number of aryl methyl sites for hydroxylation is 1. The largest absolute Gasteiger partial charge is 0.508 e. The van der Waals surface area contributed by atoms with E-state index < -0.39 is 0 Å². The van der Waals surface area contributed by atoms with Gasteiger partial charge in [0.1, 0.15) is 5.75 Å². The molecule has 1 aliphatic heterocycles. The molecule has 0 spiro atoms. The van der Waals surface area contributed by atoms with Gasteiger partial charge in [-0.25, -0.2) is 0 Å². The Balaban J connectivity index is 1.67. The predicted octanol–water partition coefficient (Wildman–Crippen LogP) is 2.95. The first-order valence-electron chi connectivity index (χ1n) is 8.06. The van der Waals surface area contributed by atoms with Crippen LogP contribution in [0.25, 0.3) is 0 Å². The summed E-state index contributed by atoms with van der Waals surface area (Å²) in [7, 11) is 0. The van der Waals surface area contributed by atoms with E-state index in [0.29, 0.717) is 12.2 Å². The number of hydrogen-bond acceptors (Lipinski definition) is 3. The SMILES string of the molecule is CCc1ccc(N2CC(C(=O)Nc3ccc(O)cc3)CC2=O)cc1. The molecule has 0 aliphatic carbocycles. The second kappa shape index (κ2) is 6.74. The molecular formula is C19H20N2O3. The minimum absolute atomic E-state index is 0.0369. The maximum absolute atomic E-state index is 12.4. The third kappa shape index (κ3) is 3.40. The summed E-state index contributed by atoms with van der Waals surface area (Å²) in [6, 6.07) is 14.2. The van der Waals surface area contributed by atoms with Gasteiger partial charge in [0.2, 0.25) is 11.8 Å². The summed E-state index contributed by atoms with van der Waals surface area (Å²) in [5, 5.41) is 12.1. The maximum atomic E-state index is 12.4. The van der Waals surface area contributed by atoms with Gasteiger partial charge in [0.15, 0.2) is 0 Å². The van der Waals surface area contributed by atoms with Crippen molar-refractivity contribution < 1.29 is 14.7 Å². The van der Waals surface area contributed by atoms with E-state index in [1.165, 1.54) is 17.7 Å². The molecule has 1 atom stereocenters. The fourth-order valence-corrected chi connectivity index (χ4v) is 2.83. The van der Waals surface area contributed by atoms with Gasteiger partial charge in [-0.15, -0.1) is 0 Å². The van der Waals surface area contributed by atoms with Crippen molar-refractivity contribution in [2.24, 2.45) is 5.92 Å². The van der Waals surface area contributed by atoms with Gasteiger partial charge in [-0.1, -0.05) is 19.1 Å². The second-order valence-electron chi connectivity index (χ2n) is 5.96. The fourth-order valence-electron chi connectivity index (χ4n) is 2.83. The highest BCUT2D eigenvalue weighted by Gasteiger charge is 2.35. The average Bonchev–Trinajstić information content (AvgIpc) is 2.99. The minimum Gasteiger partial charge on any atom is -0.508 e. The summed E-state index contributed by atoms with van der Waals surface area (Å²) < 4.78 is 0. The Morgan fingerprint density at radius 3 is 2.46 bits per heavy atom. The zero-order valence-electron chi connectivity index (χ0n) is 13.5. The molecule has 5 heteroatoms. The van der Waals surface area contributed by atoms with Gasteiger partial charge in [0.25, 0.3) is 0 Å². The number of carbonyl (C=O) groups excluding carboxylic acids is 2. The van der Waals surface area contributed by atoms with Crippen LogP contribution >= 0.6 is 0 Å². The molecule has 1 unspecified atom stereocenters. The lowest BCUT2D eigenvalue weighted by Gasteiger charge is -2.17. The molecule has 0 saturated carbocycles. The summed E-state index contributed by atoms with van der Waals surface area (Å²) in [6.07, 6.45) is 1.16. The van der Waals surface area contributed by atoms with E-state index >= 15 is 0 Å². The summed E-state index contributed by atoms with van der Waals surface area (Å²) >= 11 is 0. The van der Waals surface area contributed by atoms with Crippen LogP contribution in [0.1, 0.15) is 18.9 Å². The Kier molecular flexibility index (Phi) is 4.51. The standard InChI is InChI=1S/C19H20N2O3/c1-2-13-3-7-16(8-4-13)21-12-14(11-18(21)23)19(24)20-15-5-9-17(22)10-6-15/h3-10,14,22H,2,11-12H2,1H3,(H,20,24). The number of amides is 2. The average molecular weight is 324 g/mol. The predicted molar refractivity (Wildman–Crippen MR) is 93.0 cm³/mol. The van der Waals surface area contributed by atoms with Gasteiger partial charge in [-0.2, -0.15) is 0 Å². The number of anilines is 2. The van der Waals surface area contributed by atoms with E-state index in [1.807, 2.05) is 24.3 Å². The number of hydrogen-bond donors (Lipinski definition) is 2. The molecule has 24 heavy (non-hydrogen) atoms. The molecule has 2 amide bonds. The molecule has 2 N–H and O–H groups in total. The van der Waals surface area contributed by atoms with Gasteiger partial charge >= 0.3 is 0 Å². The van der Waals surface area contributed by atoms with Gasteiger partial charge in [-0.3, -0.25) is 9.59 Å². The Hall–Kier alpha value is -2.82. The molecule has 0 radical (unpaired) electrons. The monoisotopic (exact) mass is 324 g/mol. The Morgan fingerprint density at radius 2 is 1.83 bits per heavy atom. The molecule has 1 fully saturated rings. The molecule has 1 aliphatic rings. The van der Waals surface area contributed by atoms with Crippen molar-refractivity contribution in [1.29, 1.82) is 0 Å². The Labute approximate surface area is 140 Å². The molecule has 3 rings (SSSR count). The van der Waals surface area contributed by atoms with Crippen LogP contribution in [0.15, 0.2) is 48.5 Å². The van der Waals surface area contributed by atoms with Crippen molar-refractivity contribution in [3.63, 3.8) is 0 Å². The van der Waals surface area contributed by atoms with Crippen LogP contribution < -0.4 is 10.2 Å². The summed E-state index contributed by atoms with van der Waals surface area (Å²) in [5.41, 5.74) is 2.65. The van der Waals surface area contributed by atoms with Crippen LogP contribution in [-0.4, -0.2) is 23.5 Å². The van der Waals surface area contributed by atoms with Crippen LogP contribution in [0.3, 0.4) is 0 Å². The van der Waals surface area contributed by atoms with Gasteiger partial charge < -0.3 is 15.3 Å². The first kappa shape index (κ1) is 16.1. The third-order valence-electron chi connectivity index (χ3n) is 4.29. The highest BCUT2D eigenvalue weighted by molar-refractivity contribution is 6.03. The highest BCUT2D eigenvalue weighted by atomic mass is 16.3. The van der Waals surface area contributed by atoms with Crippen molar-refractivity contribution in [3.05, 3.63) is 54.1 Å². The lowest BCUT2D eigenvalue weighted by Crippen LogP contribution is -2.28. The first-order valence-corrected chi connectivity index (χ1v) is 8.06. The normalized spacial score (nSPS) is 17.1. The Bertz CT molecular complexity index is 738. The van der Waals surface area contributed by atoms with Crippen molar-refractivity contribution >= 4 is 23.2 Å². The van der Waals surface area contributed by atoms with E-state index in [4.69, 9.17) is 0 Å². The van der Waals surface area contributed by atoms with Crippen molar-refractivity contribution in [2.45, 2.75) is 19.8 Å². The number of carbonyl (C=O) groups is 2. The van der Waals surface area contributed by atoms with E-state index in [0.717, 1.165) is 12.1 Å². The molecule has 0 bridgehead atoms. The highest BCUT2D eigenvalue weighted by Crippen LogP contribution is 2.26. The summed E-state index contributed by atoms with van der Waals surface area (Å²) in [6.45, 7) is 2.47. The second-order valence-corrected chi connectivity index (χ2v) is 5.96. The van der Waals surface area contributed by atoms with Gasteiger partial charge in [0.05, 0.1) is 5.92 Å². The van der Waals surface area contributed by atoms with E-state index in [9.17, 15) is 14.7 Å². The number of phenols is 1. The van der Waals surface area contributed by atoms with Crippen LogP contribution in [-0.2, 0) is 16.0 Å². The number of benzene rings is 2. The van der Waals surface area contributed by atoms with E-state index in [1.54, 1.807) is 17.0 Å². The minimum atomic E-state index is -0.378. The zero-order valence-corrected chi connectivity index (χ0v) is 13.5. The number of nitrogens with one attached hydrogen (secondary N) is 1. The number of aromatic hydroxyl groups is 1. The fraction of sp³-hybridized carbons (Fsp3) is 0.263. The van der Waals surface area contributed by atoms with E-state index in [-0.39, 0.29) is 29.9 Å². The molecular weight excluding hydrogens is 304 g/mol. The van der Waals surface area contributed by atoms with Gasteiger partial charge in [-0.05, 0) is 48.4 Å². The molecule has 124 valence electrons. The van der Waals surface area contributed by atoms with Crippen LogP contribution in [0.4, 0.5) is 11.4 Å². The van der Waals surface area contributed by atoms with Crippen molar-refractivity contribution in [1.82, 2.24) is 0 Å². The van der Waals surface area contributed by atoms with Crippen LogP contribution in [0.2, 0.25) is 0 Å². The van der Waals surface area contributed by atoms with Crippen LogP contribution in [0.5, 0.6) is 5.75 Å². The topological polar surface area (TPSA) is 69.6 Å². The molecule has 1 heterocycles. The van der Waals surface area contributed by atoms with Crippen LogP contribution in [0, 0.1) is 5.92 Å². The quantitative estimate of drug-likeness (QED) is 0.850. The summed E-state index contributed by atoms with van der Waals surface area (Å²) in [5.74, 6) is -0.449. The molecule has 0 aromatic heterocycles. The molecule has 5 nitrogen and oxygen atoms in total. The summed E-state index contributed by atoms with van der Waals surface area (Å²) in [4.78, 5) is 26.3. The number of phenolic OH excluding ortho intramolecular Hbond substituents is 1. The maximum Gasteiger partial charge on any atom is 0.229 e. The lowest BCUT2D eigenvalue weighted by atomic mass is 10.1.